The predicted octanol–water partition coefficient (Wildman–Crippen LogP) is 2.86. The Bertz CT molecular complexity index is 722. The van der Waals surface area contributed by atoms with E-state index in [-0.39, 0.29) is 16.6 Å². The maximum absolute atomic E-state index is 12.6. The first-order valence-corrected chi connectivity index (χ1v) is 9.08. The largest absolute Gasteiger partial charge is 0.398 e. The van der Waals surface area contributed by atoms with E-state index in [0.717, 1.165) is 10.4 Å². The van der Waals surface area contributed by atoms with Gasteiger partial charge in [0.15, 0.2) is 0 Å². The number of nitrogen functional groups attached to an aromatic ring is 1. The van der Waals surface area contributed by atoms with E-state index in [0.29, 0.717) is 12.0 Å². The average molecular weight is 324 g/mol. The van der Waals surface area contributed by atoms with Gasteiger partial charge >= 0.3 is 0 Å². The number of rotatable bonds is 5. The second-order valence-electron chi connectivity index (χ2n) is 5.23. The van der Waals surface area contributed by atoms with Crippen LogP contribution >= 0.6 is 11.3 Å². The molecule has 0 fully saturated rings. The summed E-state index contributed by atoms with van der Waals surface area (Å²) >= 11 is 1.62. The van der Waals surface area contributed by atoms with Gasteiger partial charge in [0, 0.05) is 10.9 Å². The van der Waals surface area contributed by atoms with Crippen LogP contribution in [0.3, 0.4) is 0 Å². The topological polar surface area (TPSA) is 72.2 Å². The van der Waals surface area contributed by atoms with E-state index < -0.39 is 10.0 Å². The highest BCUT2D eigenvalue weighted by Gasteiger charge is 2.23. The summed E-state index contributed by atoms with van der Waals surface area (Å²) < 4.78 is 27.9. The molecule has 0 radical (unpaired) electrons. The van der Waals surface area contributed by atoms with Crippen LogP contribution in [0.15, 0.2) is 34.5 Å². The molecule has 1 aromatic carbocycles. The number of aryl methyl sites for hydroxylation is 1. The van der Waals surface area contributed by atoms with E-state index in [9.17, 15) is 8.42 Å². The van der Waals surface area contributed by atoms with Crippen molar-refractivity contribution in [3.8, 4) is 0 Å². The molecule has 6 heteroatoms. The fraction of sp³-hybridized carbons (Fsp3) is 0.333. The minimum Gasteiger partial charge on any atom is -0.398 e. The molecule has 1 heterocycles. The molecular weight excluding hydrogens is 304 g/mol. The van der Waals surface area contributed by atoms with Crippen LogP contribution in [0.1, 0.15) is 22.9 Å². The molecule has 0 aliphatic heterocycles. The van der Waals surface area contributed by atoms with Crippen molar-refractivity contribution in [2.75, 3.05) is 5.73 Å². The minimum absolute atomic E-state index is 0.187. The second-order valence-corrected chi connectivity index (χ2v) is 7.91. The first-order chi connectivity index (χ1) is 9.81. The summed E-state index contributed by atoms with van der Waals surface area (Å²) in [6.45, 7) is 5.52. The lowest BCUT2D eigenvalue weighted by Crippen LogP contribution is -2.34. The van der Waals surface area contributed by atoms with Crippen LogP contribution in [0.25, 0.3) is 0 Å². The minimum atomic E-state index is -3.62. The van der Waals surface area contributed by atoms with Gasteiger partial charge in [-0.15, -0.1) is 11.3 Å². The molecule has 2 rings (SSSR count). The van der Waals surface area contributed by atoms with Crippen molar-refractivity contribution >= 4 is 27.0 Å². The highest BCUT2D eigenvalue weighted by atomic mass is 32.2. The lowest BCUT2D eigenvalue weighted by atomic mass is 10.1. The molecular formula is C15H20N2O2S2. The number of anilines is 1. The van der Waals surface area contributed by atoms with E-state index in [1.54, 1.807) is 24.3 Å². The number of hydrogen-bond donors (Lipinski definition) is 2. The molecule has 2 aromatic rings. The molecule has 21 heavy (non-hydrogen) atoms. The van der Waals surface area contributed by atoms with Gasteiger partial charge < -0.3 is 5.73 Å². The van der Waals surface area contributed by atoms with Crippen molar-refractivity contribution < 1.29 is 8.42 Å². The molecule has 0 bridgehead atoms. The summed E-state index contributed by atoms with van der Waals surface area (Å²) in [5.74, 6) is 0. The maximum Gasteiger partial charge on any atom is 0.243 e. The van der Waals surface area contributed by atoms with E-state index in [2.05, 4.69) is 4.72 Å². The van der Waals surface area contributed by atoms with E-state index in [4.69, 9.17) is 5.73 Å². The lowest BCUT2D eigenvalue weighted by Gasteiger charge is -2.17. The summed E-state index contributed by atoms with van der Waals surface area (Å²) in [6, 6.07) is 7.25. The third-order valence-electron chi connectivity index (χ3n) is 3.42. The van der Waals surface area contributed by atoms with Gasteiger partial charge in [-0.2, -0.15) is 0 Å². The fourth-order valence-corrected chi connectivity index (χ4v) is 4.77. The zero-order valence-corrected chi connectivity index (χ0v) is 14.0. The zero-order valence-electron chi connectivity index (χ0n) is 12.4. The van der Waals surface area contributed by atoms with Crippen molar-refractivity contribution in [3.05, 3.63) is 45.6 Å². The molecule has 0 aliphatic rings. The molecule has 1 unspecified atom stereocenters. The number of sulfonamides is 1. The van der Waals surface area contributed by atoms with E-state index in [1.165, 1.54) is 0 Å². The standard InChI is InChI=1S/C15H20N2O2S2/c1-10-6-7-14(16)15(12(10)3)21(18,19)17-11(2)9-13-5-4-8-20-13/h4-8,11,17H,9,16H2,1-3H3. The number of hydrogen-bond acceptors (Lipinski definition) is 4. The van der Waals surface area contributed by atoms with Crippen LogP contribution in [-0.4, -0.2) is 14.5 Å². The first kappa shape index (κ1) is 16.0. The molecule has 3 N–H and O–H groups in total. The van der Waals surface area contributed by atoms with E-state index >= 15 is 0 Å². The number of benzene rings is 1. The summed E-state index contributed by atoms with van der Waals surface area (Å²) in [4.78, 5) is 1.35. The Kier molecular flexibility index (Phi) is 4.70. The molecule has 0 saturated carbocycles. The van der Waals surface area contributed by atoms with Crippen LogP contribution in [0.2, 0.25) is 0 Å². The average Bonchev–Trinajstić information content (AvgIpc) is 2.85. The fourth-order valence-electron chi connectivity index (χ4n) is 2.26. The van der Waals surface area contributed by atoms with Gasteiger partial charge in [0.25, 0.3) is 0 Å². The van der Waals surface area contributed by atoms with Gasteiger partial charge in [0.05, 0.1) is 5.69 Å². The molecule has 114 valence electrons. The zero-order chi connectivity index (χ0) is 15.6. The smallest absolute Gasteiger partial charge is 0.243 e. The summed E-state index contributed by atoms with van der Waals surface area (Å²) in [5, 5.41) is 1.99. The quantitative estimate of drug-likeness (QED) is 0.831. The van der Waals surface area contributed by atoms with E-state index in [1.807, 2.05) is 37.4 Å². The van der Waals surface area contributed by atoms with Crippen LogP contribution in [0.5, 0.6) is 0 Å². The Labute approximate surface area is 130 Å². The summed E-state index contributed by atoms with van der Waals surface area (Å²) in [6.07, 6.45) is 0.668. The van der Waals surface area contributed by atoms with Crippen molar-refractivity contribution in [3.63, 3.8) is 0 Å². The van der Waals surface area contributed by atoms with Gasteiger partial charge in [-0.3, -0.25) is 0 Å². The molecule has 0 aliphatic carbocycles. The second kappa shape index (κ2) is 6.17. The Hall–Kier alpha value is -1.37. The Balaban J connectivity index is 2.25. The van der Waals surface area contributed by atoms with Crippen molar-refractivity contribution in [2.45, 2.75) is 38.1 Å². The third kappa shape index (κ3) is 3.64. The Morgan fingerprint density at radius 1 is 1.29 bits per heavy atom. The number of thiophene rings is 1. The van der Waals surface area contributed by atoms with Crippen LogP contribution in [0.4, 0.5) is 5.69 Å². The summed E-state index contributed by atoms with van der Waals surface area (Å²) in [5.41, 5.74) is 7.77. The molecule has 0 amide bonds. The van der Waals surface area contributed by atoms with Crippen molar-refractivity contribution in [2.24, 2.45) is 0 Å². The molecule has 1 atom stereocenters. The predicted molar refractivity (Wildman–Crippen MR) is 88.1 cm³/mol. The highest BCUT2D eigenvalue weighted by Crippen LogP contribution is 2.25. The monoisotopic (exact) mass is 324 g/mol. The van der Waals surface area contributed by atoms with Gasteiger partial charge in [-0.1, -0.05) is 12.1 Å². The normalized spacial score (nSPS) is 13.3. The Morgan fingerprint density at radius 3 is 2.62 bits per heavy atom. The van der Waals surface area contributed by atoms with Gasteiger partial charge in [-0.05, 0) is 55.8 Å². The molecule has 0 saturated heterocycles. The molecule has 1 aromatic heterocycles. The van der Waals surface area contributed by atoms with Crippen LogP contribution in [0, 0.1) is 13.8 Å². The maximum atomic E-state index is 12.6. The summed E-state index contributed by atoms with van der Waals surface area (Å²) in [7, 11) is -3.62. The SMILES string of the molecule is Cc1ccc(N)c(S(=O)(=O)NC(C)Cc2cccs2)c1C. The first-order valence-electron chi connectivity index (χ1n) is 6.71. The highest BCUT2D eigenvalue weighted by molar-refractivity contribution is 7.89. The van der Waals surface area contributed by atoms with Gasteiger partial charge in [-0.25, -0.2) is 13.1 Å². The lowest BCUT2D eigenvalue weighted by molar-refractivity contribution is 0.560. The third-order valence-corrected chi connectivity index (χ3v) is 6.11. The molecule has 4 nitrogen and oxygen atoms in total. The number of nitrogens with one attached hydrogen (secondary N) is 1. The number of nitrogens with two attached hydrogens (primary N) is 1. The van der Waals surface area contributed by atoms with Crippen molar-refractivity contribution in [1.29, 1.82) is 0 Å². The van der Waals surface area contributed by atoms with Crippen LogP contribution < -0.4 is 10.5 Å². The Morgan fingerprint density at radius 2 is 2.00 bits per heavy atom. The van der Waals surface area contributed by atoms with Gasteiger partial charge in [0.1, 0.15) is 4.90 Å². The molecule has 0 spiro atoms. The van der Waals surface area contributed by atoms with Crippen molar-refractivity contribution in [1.82, 2.24) is 4.72 Å². The van der Waals surface area contributed by atoms with Crippen LogP contribution in [-0.2, 0) is 16.4 Å². The van der Waals surface area contributed by atoms with Gasteiger partial charge in [0.2, 0.25) is 10.0 Å².